The van der Waals surface area contributed by atoms with E-state index in [0.717, 1.165) is 25.1 Å². The van der Waals surface area contributed by atoms with Crippen LogP contribution in [0.2, 0.25) is 0 Å². The Labute approximate surface area is 149 Å². The van der Waals surface area contributed by atoms with Gasteiger partial charge in [0.05, 0.1) is 5.92 Å². The lowest BCUT2D eigenvalue weighted by Gasteiger charge is -2.40. The van der Waals surface area contributed by atoms with Gasteiger partial charge in [0.1, 0.15) is 6.61 Å². The molecule has 0 aromatic heterocycles. The molecule has 138 valence electrons. The first-order valence-corrected chi connectivity index (χ1v) is 8.97. The number of likely N-dealkylation sites (N-methyl/N-ethyl adjacent to an activating group) is 1. The largest absolute Gasteiger partial charge is 0.481 e. The molecule has 0 spiro atoms. The molecule has 2 rings (SSSR count). The number of ether oxygens (including phenoxy) is 1. The van der Waals surface area contributed by atoms with Crippen LogP contribution in [0.1, 0.15) is 32.3 Å². The molecular formula is C19H28N2O4. The van der Waals surface area contributed by atoms with Gasteiger partial charge in [-0.15, -0.1) is 0 Å². The molecular weight excluding hydrogens is 320 g/mol. The van der Waals surface area contributed by atoms with Gasteiger partial charge in [-0.2, -0.15) is 0 Å². The van der Waals surface area contributed by atoms with E-state index in [2.05, 4.69) is 18.7 Å². The topological polar surface area (TPSA) is 70.1 Å². The van der Waals surface area contributed by atoms with Crippen LogP contribution in [0.3, 0.4) is 0 Å². The molecule has 1 saturated heterocycles. The molecule has 25 heavy (non-hydrogen) atoms. The number of carbonyl (C=O) groups excluding carboxylic acids is 1. The molecule has 1 heterocycles. The van der Waals surface area contributed by atoms with E-state index in [1.54, 1.807) is 4.90 Å². The zero-order valence-corrected chi connectivity index (χ0v) is 15.1. The summed E-state index contributed by atoms with van der Waals surface area (Å²) in [5.74, 6) is -1.40. The number of aliphatic carboxylic acids is 1. The first-order valence-electron chi connectivity index (χ1n) is 8.97. The normalized spacial score (nSPS) is 20.5. The Kier molecular flexibility index (Phi) is 7.25. The van der Waals surface area contributed by atoms with Crippen LogP contribution >= 0.6 is 0 Å². The smallest absolute Gasteiger partial charge is 0.410 e. The number of amides is 1. The second kappa shape index (κ2) is 9.42. The summed E-state index contributed by atoms with van der Waals surface area (Å²) in [6.07, 6.45) is 1.14. The maximum absolute atomic E-state index is 12.4. The SMILES string of the molecule is CCCN(CC)C1CC(C(=O)O)CN(C(=O)OCc2ccccc2)C1. The summed E-state index contributed by atoms with van der Waals surface area (Å²) in [4.78, 5) is 27.8. The molecule has 1 fully saturated rings. The maximum atomic E-state index is 12.4. The van der Waals surface area contributed by atoms with Gasteiger partial charge < -0.3 is 14.7 Å². The third kappa shape index (κ3) is 5.46. The monoisotopic (exact) mass is 348 g/mol. The van der Waals surface area contributed by atoms with Crippen LogP contribution in [0.15, 0.2) is 30.3 Å². The number of benzene rings is 1. The predicted molar refractivity (Wildman–Crippen MR) is 95.3 cm³/mol. The van der Waals surface area contributed by atoms with Crippen molar-refractivity contribution >= 4 is 12.1 Å². The van der Waals surface area contributed by atoms with Crippen LogP contribution in [0.4, 0.5) is 4.79 Å². The summed E-state index contributed by atoms with van der Waals surface area (Å²) in [5.41, 5.74) is 0.917. The highest BCUT2D eigenvalue weighted by Gasteiger charge is 2.36. The van der Waals surface area contributed by atoms with E-state index in [9.17, 15) is 14.7 Å². The van der Waals surface area contributed by atoms with Crippen molar-refractivity contribution < 1.29 is 19.4 Å². The van der Waals surface area contributed by atoms with Gasteiger partial charge >= 0.3 is 12.1 Å². The number of hydrogen-bond acceptors (Lipinski definition) is 4. The van der Waals surface area contributed by atoms with Gasteiger partial charge in [0, 0.05) is 19.1 Å². The van der Waals surface area contributed by atoms with Crippen molar-refractivity contribution in [1.29, 1.82) is 0 Å². The number of hydrogen-bond donors (Lipinski definition) is 1. The summed E-state index contributed by atoms with van der Waals surface area (Å²) in [5, 5.41) is 9.45. The van der Waals surface area contributed by atoms with E-state index in [0.29, 0.717) is 13.0 Å². The van der Waals surface area contributed by atoms with Gasteiger partial charge in [-0.1, -0.05) is 44.2 Å². The molecule has 6 heteroatoms. The first kappa shape index (κ1) is 19.2. The van der Waals surface area contributed by atoms with E-state index >= 15 is 0 Å². The van der Waals surface area contributed by atoms with Crippen LogP contribution in [0.25, 0.3) is 0 Å². The number of carbonyl (C=O) groups is 2. The zero-order chi connectivity index (χ0) is 18.2. The van der Waals surface area contributed by atoms with E-state index < -0.39 is 18.0 Å². The molecule has 2 atom stereocenters. The Balaban J connectivity index is 2.01. The molecule has 1 aromatic carbocycles. The average Bonchev–Trinajstić information content (AvgIpc) is 2.64. The van der Waals surface area contributed by atoms with Gasteiger partial charge in [0.2, 0.25) is 0 Å². The molecule has 1 aliphatic rings. The number of carboxylic acid groups (broad SMARTS) is 1. The van der Waals surface area contributed by atoms with Crippen molar-refractivity contribution in [2.24, 2.45) is 5.92 Å². The van der Waals surface area contributed by atoms with E-state index in [1.807, 2.05) is 30.3 Å². The quantitative estimate of drug-likeness (QED) is 0.820. The minimum absolute atomic E-state index is 0.0593. The van der Waals surface area contributed by atoms with Crippen molar-refractivity contribution in [1.82, 2.24) is 9.80 Å². The Hall–Kier alpha value is -2.08. The lowest BCUT2D eigenvalue weighted by Crippen LogP contribution is -2.54. The summed E-state index contributed by atoms with van der Waals surface area (Å²) >= 11 is 0. The maximum Gasteiger partial charge on any atom is 0.410 e. The van der Waals surface area contributed by atoms with Gasteiger partial charge in [-0.25, -0.2) is 4.79 Å². The molecule has 2 unspecified atom stereocenters. The molecule has 6 nitrogen and oxygen atoms in total. The summed E-state index contributed by atoms with van der Waals surface area (Å²) < 4.78 is 5.39. The molecule has 1 aliphatic heterocycles. The van der Waals surface area contributed by atoms with Gasteiger partial charge in [-0.05, 0) is 31.5 Å². The van der Waals surface area contributed by atoms with Crippen LogP contribution in [-0.2, 0) is 16.1 Å². The van der Waals surface area contributed by atoms with Crippen LogP contribution in [0.5, 0.6) is 0 Å². The minimum Gasteiger partial charge on any atom is -0.481 e. The summed E-state index contributed by atoms with van der Waals surface area (Å²) in [7, 11) is 0. The third-order valence-corrected chi connectivity index (χ3v) is 4.67. The lowest BCUT2D eigenvalue weighted by atomic mass is 9.93. The second-order valence-electron chi connectivity index (χ2n) is 6.50. The number of nitrogens with zero attached hydrogens (tertiary/aromatic N) is 2. The third-order valence-electron chi connectivity index (χ3n) is 4.67. The Bertz CT molecular complexity index is 564. The zero-order valence-electron chi connectivity index (χ0n) is 15.1. The molecule has 0 saturated carbocycles. The van der Waals surface area contributed by atoms with E-state index in [4.69, 9.17) is 4.74 Å². The fourth-order valence-corrected chi connectivity index (χ4v) is 3.36. The van der Waals surface area contributed by atoms with Gasteiger partial charge in [0.25, 0.3) is 0 Å². The van der Waals surface area contributed by atoms with Crippen molar-refractivity contribution in [2.75, 3.05) is 26.2 Å². The highest BCUT2D eigenvalue weighted by molar-refractivity contribution is 5.73. The van der Waals surface area contributed by atoms with Crippen LogP contribution in [0, 0.1) is 5.92 Å². The number of likely N-dealkylation sites (tertiary alicyclic amines) is 1. The van der Waals surface area contributed by atoms with E-state index in [-0.39, 0.29) is 19.2 Å². The van der Waals surface area contributed by atoms with Gasteiger partial charge in [0.15, 0.2) is 0 Å². The molecule has 0 aliphatic carbocycles. The molecule has 0 bridgehead atoms. The fourth-order valence-electron chi connectivity index (χ4n) is 3.36. The molecule has 1 N–H and O–H groups in total. The molecule has 0 radical (unpaired) electrons. The Morgan fingerprint density at radius 3 is 2.56 bits per heavy atom. The van der Waals surface area contributed by atoms with Crippen LogP contribution in [-0.4, -0.2) is 59.2 Å². The van der Waals surface area contributed by atoms with Crippen molar-refractivity contribution in [3.63, 3.8) is 0 Å². The van der Waals surface area contributed by atoms with Crippen molar-refractivity contribution in [3.05, 3.63) is 35.9 Å². The van der Waals surface area contributed by atoms with Crippen molar-refractivity contribution in [2.45, 2.75) is 39.3 Å². The second-order valence-corrected chi connectivity index (χ2v) is 6.50. The summed E-state index contributed by atoms with van der Waals surface area (Å²) in [6.45, 7) is 6.85. The Morgan fingerprint density at radius 2 is 1.96 bits per heavy atom. The fraction of sp³-hybridized carbons (Fsp3) is 0.579. The lowest BCUT2D eigenvalue weighted by molar-refractivity contribution is -0.144. The molecule has 1 aromatic rings. The number of rotatable bonds is 7. The number of piperidine rings is 1. The average molecular weight is 348 g/mol. The first-order chi connectivity index (χ1) is 12.0. The van der Waals surface area contributed by atoms with Crippen LogP contribution < -0.4 is 0 Å². The van der Waals surface area contributed by atoms with Crippen molar-refractivity contribution in [3.8, 4) is 0 Å². The number of carboxylic acids is 1. The Morgan fingerprint density at radius 1 is 1.24 bits per heavy atom. The molecule has 1 amide bonds. The summed E-state index contributed by atoms with van der Waals surface area (Å²) in [6, 6.07) is 9.54. The predicted octanol–water partition coefficient (Wildman–Crippen LogP) is 2.83. The van der Waals surface area contributed by atoms with E-state index in [1.165, 1.54) is 0 Å². The minimum atomic E-state index is -0.849. The highest BCUT2D eigenvalue weighted by atomic mass is 16.6. The standard InChI is InChI=1S/C19H28N2O4/c1-3-10-20(4-2)17-11-16(18(22)23)12-21(13-17)19(24)25-14-15-8-6-5-7-9-15/h5-9,16-17H,3-4,10-14H2,1-2H3,(H,22,23). The highest BCUT2D eigenvalue weighted by Crippen LogP contribution is 2.22. The van der Waals surface area contributed by atoms with Gasteiger partial charge in [-0.3, -0.25) is 9.69 Å².